The molecule has 5 rings (SSSR count). The molecule has 1 aromatic heterocycles. The maximum atomic E-state index is 11.2. The topological polar surface area (TPSA) is 43.1 Å². The van der Waals surface area contributed by atoms with Crippen molar-refractivity contribution in [1.82, 2.24) is 0 Å². The van der Waals surface area contributed by atoms with Crippen molar-refractivity contribution in [2.75, 3.05) is 0 Å². The van der Waals surface area contributed by atoms with Crippen molar-refractivity contribution in [3.05, 3.63) is 101 Å². The number of hydrogen-bond acceptors (Lipinski definition) is 3. The molecule has 3 nitrogen and oxygen atoms in total. The number of hydrogen-bond donors (Lipinski definition) is 0. The molecule has 0 N–H and O–H groups in total. The first-order chi connectivity index (χ1) is 13.7. The van der Waals surface area contributed by atoms with E-state index in [0.29, 0.717) is 0 Å². The van der Waals surface area contributed by atoms with Crippen molar-refractivity contribution < 1.29 is 4.92 Å². The van der Waals surface area contributed by atoms with Crippen LogP contribution in [0, 0.1) is 10.1 Å². The minimum Gasteiger partial charge on any atom is -0.258 e. The second kappa shape index (κ2) is 6.59. The first kappa shape index (κ1) is 16.7. The van der Waals surface area contributed by atoms with E-state index in [1.54, 1.807) is 23.5 Å². The molecule has 0 fully saturated rings. The van der Waals surface area contributed by atoms with E-state index in [9.17, 15) is 10.1 Å². The molecule has 134 valence electrons. The first-order valence-corrected chi connectivity index (χ1v) is 9.78. The number of thiophene rings is 1. The van der Waals surface area contributed by atoms with Gasteiger partial charge in [-0.05, 0) is 34.4 Å². The van der Waals surface area contributed by atoms with Gasteiger partial charge in [-0.1, -0.05) is 66.7 Å². The quantitative estimate of drug-likeness (QED) is 0.243. The molecule has 1 heterocycles. The summed E-state index contributed by atoms with van der Waals surface area (Å²) in [7, 11) is 0. The van der Waals surface area contributed by atoms with E-state index in [1.165, 1.54) is 26.2 Å². The standard InChI is InChI=1S/C24H15NO2S/c26-25(27)18-7-5-6-16(14-18)19-8-1-2-9-20(19)17-12-13-22-21-10-3-4-11-23(21)28-24(22)15-17/h1-15H. The van der Waals surface area contributed by atoms with Crippen molar-refractivity contribution in [3.8, 4) is 22.3 Å². The summed E-state index contributed by atoms with van der Waals surface area (Å²) in [5, 5.41) is 13.7. The van der Waals surface area contributed by atoms with Crippen LogP contribution in [-0.2, 0) is 0 Å². The molecule has 28 heavy (non-hydrogen) atoms. The Morgan fingerprint density at radius 1 is 0.643 bits per heavy atom. The Morgan fingerprint density at radius 2 is 1.32 bits per heavy atom. The predicted molar refractivity (Wildman–Crippen MR) is 117 cm³/mol. The van der Waals surface area contributed by atoms with Gasteiger partial charge in [-0.3, -0.25) is 10.1 Å². The Balaban J connectivity index is 1.69. The molecule has 5 aromatic rings. The van der Waals surface area contributed by atoms with Crippen LogP contribution in [0.1, 0.15) is 0 Å². The highest BCUT2D eigenvalue weighted by atomic mass is 32.1. The van der Waals surface area contributed by atoms with Crippen LogP contribution < -0.4 is 0 Å². The molecule has 4 heteroatoms. The third-order valence-corrected chi connectivity index (χ3v) is 6.12. The second-order valence-electron chi connectivity index (χ2n) is 6.66. The van der Waals surface area contributed by atoms with Crippen LogP contribution >= 0.6 is 11.3 Å². The van der Waals surface area contributed by atoms with Gasteiger partial charge in [0.1, 0.15) is 0 Å². The molecule has 0 spiro atoms. The average molecular weight is 381 g/mol. The molecule has 4 aromatic carbocycles. The summed E-state index contributed by atoms with van der Waals surface area (Å²) in [4.78, 5) is 10.8. The Bertz CT molecular complexity index is 1350. The average Bonchev–Trinajstić information content (AvgIpc) is 3.11. The van der Waals surface area contributed by atoms with Crippen molar-refractivity contribution in [3.63, 3.8) is 0 Å². The van der Waals surface area contributed by atoms with Gasteiger partial charge in [-0.25, -0.2) is 0 Å². The monoisotopic (exact) mass is 381 g/mol. The van der Waals surface area contributed by atoms with Gasteiger partial charge >= 0.3 is 0 Å². The lowest BCUT2D eigenvalue weighted by Gasteiger charge is -2.10. The zero-order valence-corrected chi connectivity index (χ0v) is 15.6. The summed E-state index contributed by atoms with van der Waals surface area (Å²) in [5.74, 6) is 0. The summed E-state index contributed by atoms with van der Waals surface area (Å²) in [5.41, 5.74) is 4.13. The van der Waals surface area contributed by atoms with Gasteiger partial charge in [0.05, 0.1) is 4.92 Å². The lowest BCUT2D eigenvalue weighted by atomic mass is 9.94. The number of nitro groups is 1. The number of fused-ring (bicyclic) bond motifs is 3. The molecule has 0 aliphatic carbocycles. The molecular formula is C24H15NO2S. The maximum absolute atomic E-state index is 11.2. The fourth-order valence-electron chi connectivity index (χ4n) is 3.67. The molecule has 0 radical (unpaired) electrons. The van der Waals surface area contributed by atoms with E-state index < -0.39 is 0 Å². The molecule has 0 bridgehead atoms. The van der Waals surface area contributed by atoms with E-state index in [2.05, 4.69) is 48.5 Å². The van der Waals surface area contributed by atoms with Crippen LogP contribution in [0.15, 0.2) is 91.0 Å². The summed E-state index contributed by atoms with van der Waals surface area (Å²) < 4.78 is 2.52. The van der Waals surface area contributed by atoms with Crippen LogP contribution in [0.5, 0.6) is 0 Å². The Kier molecular flexibility index (Phi) is 3.92. The molecular weight excluding hydrogens is 366 g/mol. The van der Waals surface area contributed by atoms with Gasteiger partial charge in [0, 0.05) is 32.3 Å². The first-order valence-electron chi connectivity index (χ1n) is 8.96. The van der Waals surface area contributed by atoms with Crippen LogP contribution in [-0.4, -0.2) is 4.92 Å². The van der Waals surface area contributed by atoms with Crippen LogP contribution in [0.2, 0.25) is 0 Å². The molecule has 0 aliphatic rings. The molecule has 0 atom stereocenters. The Hall–Kier alpha value is -3.50. The fourth-order valence-corrected chi connectivity index (χ4v) is 4.81. The van der Waals surface area contributed by atoms with Crippen molar-refractivity contribution in [2.45, 2.75) is 0 Å². The largest absolute Gasteiger partial charge is 0.270 e. The minimum atomic E-state index is -0.352. The van der Waals surface area contributed by atoms with Crippen LogP contribution in [0.25, 0.3) is 42.4 Å². The lowest BCUT2D eigenvalue weighted by molar-refractivity contribution is -0.384. The summed E-state index contributed by atoms with van der Waals surface area (Å²) >= 11 is 1.79. The highest BCUT2D eigenvalue weighted by Gasteiger charge is 2.12. The number of non-ortho nitro benzene ring substituents is 1. The number of nitro benzene ring substituents is 1. The number of nitrogens with zero attached hydrogens (tertiary/aromatic N) is 1. The molecule has 0 aliphatic heterocycles. The van der Waals surface area contributed by atoms with Crippen molar-refractivity contribution >= 4 is 37.2 Å². The molecule has 0 amide bonds. The minimum absolute atomic E-state index is 0.104. The molecule has 0 unspecified atom stereocenters. The highest BCUT2D eigenvalue weighted by Crippen LogP contribution is 2.39. The zero-order valence-electron chi connectivity index (χ0n) is 14.8. The third kappa shape index (κ3) is 2.75. The summed E-state index contributed by atoms with van der Waals surface area (Å²) in [6.45, 7) is 0. The van der Waals surface area contributed by atoms with E-state index in [0.717, 1.165) is 22.3 Å². The van der Waals surface area contributed by atoms with Gasteiger partial charge in [0.25, 0.3) is 5.69 Å². The fraction of sp³-hybridized carbons (Fsp3) is 0. The Labute approximate surface area is 165 Å². The highest BCUT2D eigenvalue weighted by molar-refractivity contribution is 7.25. The van der Waals surface area contributed by atoms with E-state index >= 15 is 0 Å². The van der Waals surface area contributed by atoms with E-state index in [-0.39, 0.29) is 10.6 Å². The van der Waals surface area contributed by atoms with Crippen LogP contribution in [0.4, 0.5) is 5.69 Å². The summed E-state index contributed by atoms with van der Waals surface area (Å²) in [6, 6.07) is 29.8. The number of rotatable bonds is 3. The van der Waals surface area contributed by atoms with Crippen molar-refractivity contribution in [1.29, 1.82) is 0 Å². The lowest BCUT2D eigenvalue weighted by Crippen LogP contribution is -1.89. The van der Waals surface area contributed by atoms with Gasteiger partial charge in [0.15, 0.2) is 0 Å². The zero-order chi connectivity index (χ0) is 19.1. The molecule has 0 saturated carbocycles. The second-order valence-corrected chi connectivity index (χ2v) is 7.75. The van der Waals surface area contributed by atoms with E-state index in [1.807, 2.05) is 24.3 Å². The Morgan fingerprint density at radius 3 is 2.11 bits per heavy atom. The third-order valence-electron chi connectivity index (χ3n) is 4.98. The van der Waals surface area contributed by atoms with Gasteiger partial charge in [0.2, 0.25) is 0 Å². The van der Waals surface area contributed by atoms with Gasteiger partial charge < -0.3 is 0 Å². The predicted octanol–water partition coefficient (Wildman–Crippen LogP) is 7.30. The number of benzene rings is 4. The van der Waals surface area contributed by atoms with Crippen molar-refractivity contribution in [2.24, 2.45) is 0 Å². The van der Waals surface area contributed by atoms with Crippen LogP contribution in [0.3, 0.4) is 0 Å². The molecule has 0 saturated heterocycles. The van der Waals surface area contributed by atoms with Gasteiger partial charge in [-0.15, -0.1) is 11.3 Å². The SMILES string of the molecule is O=[N+]([O-])c1cccc(-c2ccccc2-c2ccc3c(c2)sc2ccccc23)c1. The van der Waals surface area contributed by atoms with Gasteiger partial charge in [-0.2, -0.15) is 0 Å². The normalized spacial score (nSPS) is 11.1. The maximum Gasteiger partial charge on any atom is 0.270 e. The van der Waals surface area contributed by atoms with E-state index in [4.69, 9.17) is 0 Å². The summed E-state index contributed by atoms with van der Waals surface area (Å²) in [6.07, 6.45) is 0. The smallest absolute Gasteiger partial charge is 0.258 e.